The third-order valence-corrected chi connectivity index (χ3v) is 6.00. The highest BCUT2D eigenvalue weighted by molar-refractivity contribution is 5.96. The molecule has 0 radical (unpaired) electrons. The van der Waals surface area contributed by atoms with E-state index < -0.39 is 29.5 Å². The predicted octanol–water partition coefficient (Wildman–Crippen LogP) is 2.83. The van der Waals surface area contributed by atoms with Gasteiger partial charge in [-0.25, -0.2) is 15.0 Å². The molecule has 1 unspecified atom stereocenters. The third-order valence-electron chi connectivity index (χ3n) is 6.00. The largest absolute Gasteiger partial charge is 0.433 e. The number of H-pyrrole nitrogens is 1. The number of nitrogens with two attached hydrogens (primary N) is 1. The van der Waals surface area contributed by atoms with E-state index in [4.69, 9.17) is 5.73 Å². The van der Waals surface area contributed by atoms with Gasteiger partial charge in [-0.15, -0.1) is 0 Å². The number of aromatic nitrogens is 4. The lowest BCUT2D eigenvalue weighted by molar-refractivity contribution is -0.141. The molecule has 2 amide bonds. The number of carbonyl (C=O) groups is 2. The minimum Gasteiger partial charge on any atom is -0.369 e. The van der Waals surface area contributed by atoms with Crippen molar-refractivity contribution in [1.29, 1.82) is 0 Å². The van der Waals surface area contributed by atoms with Gasteiger partial charge in [0.15, 0.2) is 5.92 Å². The maximum atomic E-state index is 13.1. The molecule has 12 heteroatoms. The van der Waals surface area contributed by atoms with E-state index in [1.54, 1.807) is 23.1 Å². The maximum absolute atomic E-state index is 13.1. The zero-order valence-corrected chi connectivity index (χ0v) is 19.2. The minimum absolute atomic E-state index is 0.0201. The Morgan fingerprint density at radius 3 is 2.57 bits per heavy atom. The molecule has 4 rings (SSSR count). The molecule has 1 fully saturated rings. The molecule has 1 aliphatic rings. The molecule has 0 aliphatic carbocycles. The number of hydrogen-bond acceptors (Lipinski definition) is 6. The van der Waals surface area contributed by atoms with Gasteiger partial charge in [0.2, 0.25) is 11.8 Å². The van der Waals surface area contributed by atoms with E-state index in [9.17, 15) is 22.8 Å². The van der Waals surface area contributed by atoms with Crippen LogP contribution >= 0.6 is 0 Å². The normalized spacial score (nSPS) is 15.8. The number of nitrogens with one attached hydrogen (secondary N) is 1. The van der Waals surface area contributed by atoms with E-state index >= 15 is 0 Å². The molecular formula is C23H26F3N7O2. The molecule has 0 saturated carbocycles. The summed E-state index contributed by atoms with van der Waals surface area (Å²) in [4.78, 5) is 43.6. The van der Waals surface area contributed by atoms with Gasteiger partial charge in [-0.2, -0.15) is 13.2 Å². The van der Waals surface area contributed by atoms with Crippen molar-refractivity contribution in [3.05, 3.63) is 47.8 Å². The van der Waals surface area contributed by atoms with Gasteiger partial charge < -0.3 is 15.6 Å². The van der Waals surface area contributed by atoms with Crippen LogP contribution in [-0.2, 0) is 15.8 Å². The van der Waals surface area contributed by atoms with Crippen LogP contribution in [0.3, 0.4) is 0 Å². The number of piperidine rings is 1. The Balaban J connectivity index is 1.63. The molecule has 3 aromatic rings. The van der Waals surface area contributed by atoms with Gasteiger partial charge in [-0.05, 0) is 57.1 Å². The van der Waals surface area contributed by atoms with E-state index in [1.807, 2.05) is 6.92 Å². The molecule has 3 N–H and O–H groups in total. The highest BCUT2D eigenvalue weighted by Crippen LogP contribution is 2.30. The maximum Gasteiger partial charge on any atom is 0.433 e. The van der Waals surface area contributed by atoms with Crippen LogP contribution in [0.2, 0.25) is 0 Å². The van der Waals surface area contributed by atoms with Gasteiger partial charge in [-0.1, -0.05) is 6.42 Å². The van der Waals surface area contributed by atoms with E-state index in [-0.39, 0.29) is 11.7 Å². The number of carbonyl (C=O) groups excluding carboxylic acids is 2. The lowest BCUT2D eigenvalue weighted by Crippen LogP contribution is -2.42. The third kappa shape index (κ3) is 5.42. The SMILES string of the molecule is CCN(C(=O)CN1CCCCC1)c1ccc2nc(C(C(N)=O)c3nccc(C(F)(F)F)n3)[nH]c2c1. The number of benzene rings is 1. The van der Waals surface area contributed by atoms with Crippen LogP contribution in [0.25, 0.3) is 11.0 Å². The zero-order chi connectivity index (χ0) is 25.2. The van der Waals surface area contributed by atoms with Gasteiger partial charge in [0.05, 0.1) is 17.6 Å². The number of hydrogen-bond donors (Lipinski definition) is 2. The summed E-state index contributed by atoms with van der Waals surface area (Å²) in [6.07, 6.45) is -0.432. The number of rotatable bonds is 7. The van der Waals surface area contributed by atoms with Crippen molar-refractivity contribution in [3.8, 4) is 0 Å². The second kappa shape index (κ2) is 9.98. The predicted molar refractivity (Wildman–Crippen MR) is 122 cm³/mol. The standard InChI is InChI=1S/C23H26F3N7O2/c1-2-33(18(34)13-32-10-4-3-5-11-32)14-6-7-15-16(12-14)30-22(29-15)19(20(27)35)21-28-9-8-17(31-21)23(24,25)26/h6-9,12,19H,2-5,10-11,13H2,1H3,(H2,27,35)(H,29,30). The number of imidazole rings is 1. The Kier molecular flexibility index (Phi) is 7.01. The minimum atomic E-state index is -4.70. The van der Waals surface area contributed by atoms with Crippen LogP contribution in [0.15, 0.2) is 30.5 Å². The monoisotopic (exact) mass is 489 g/mol. The van der Waals surface area contributed by atoms with E-state index in [1.165, 1.54) is 6.42 Å². The number of alkyl halides is 3. The van der Waals surface area contributed by atoms with Crippen molar-refractivity contribution in [2.24, 2.45) is 5.73 Å². The number of likely N-dealkylation sites (N-methyl/N-ethyl adjacent to an activating group) is 1. The Labute approximate surface area is 199 Å². The van der Waals surface area contributed by atoms with Gasteiger partial charge in [-0.3, -0.25) is 14.5 Å². The number of likely N-dealkylation sites (tertiary alicyclic amines) is 1. The highest BCUT2D eigenvalue weighted by atomic mass is 19.4. The number of aromatic amines is 1. The van der Waals surface area contributed by atoms with E-state index in [0.29, 0.717) is 35.9 Å². The fourth-order valence-corrected chi connectivity index (χ4v) is 4.27. The Bertz CT molecular complexity index is 1220. The fraction of sp³-hybridized carbons (Fsp3) is 0.435. The quantitative estimate of drug-likeness (QED) is 0.527. The molecule has 1 saturated heterocycles. The number of fused-ring (bicyclic) bond motifs is 1. The summed E-state index contributed by atoms with van der Waals surface area (Å²) in [5, 5.41) is 0. The lowest BCUT2D eigenvalue weighted by atomic mass is 10.1. The van der Waals surface area contributed by atoms with Crippen molar-refractivity contribution >= 4 is 28.5 Å². The summed E-state index contributed by atoms with van der Waals surface area (Å²) in [6.45, 7) is 4.47. The topological polar surface area (TPSA) is 121 Å². The van der Waals surface area contributed by atoms with Crippen molar-refractivity contribution in [2.75, 3.05) is 31.1 Å². The molecule has 35 heavy (non-hydrogen) atoms. The Hall–Kier alpha value is -3.54. The first-order valence-electron chi connectivity index (χ1n) is 11.4. The second-order valence-corrected chi connectivity index (χ2v) is 8.43. The second-order valence-electron chi connectivity index (χ2n) is 8.43. The number of nitrogens with zero attached hydrogens (tertiary/aromatic N) is 5. The zero-order valence-electron chi connectivity index (χ0n) is 19.2. The fourth-order valence-electron chi connectivity index (χ4n) is 4.27. The molecule has 9 nitrogen and oxygen atoms in total. The average molecular weight is 490 g/mol. The highest BCUT2D eigenvalue weighted by Gasteiger charge is 2.35. The van der Waals surface area contributed by atoms with Crippen molar-refractivity contribution in [3.63, 3.8) is 0 Å². The van der Waals surface area contributed by atoms with Gasteiger partial charge in [0.1, 0.15) is 17.3 Å². The summed E-state index contributed by atoms with van der Waals surface area (Å²) in [5.41, 5.74) is 5.91. The number of halogens is 3. The number of anilines is 1. The summed E-state index contributed by atoms with van der Waals surface area (Å²) in [6, 6.07) is 5.85. The van der Waals surface area contributed by atoms with E-state index in [2.05, 4.69) is 24.8 Å². The summed E-state index contributed by atoms with van der Waals surface area (Å²) < 4.78 is 39.3. The number of primary amides is 1. The average Bonchev–Trinajstić information content (AvgIpc) is 3.22. The smallest absolute Gasteiger partial charge is 0.369 e. The molecule has 0 bridgehead atoms. The lowest BCUT2D eigenvalue weighted by Gasteiger charge is -2.29. The first kappa shape index (κ1) is 24.6. The molecule has 1 atom stereocenters. The van der Waals surface area contributed by atoms with Crippen LogP contribution in [0, 0.1) is 0 Å². The molecule has 186 valence electrons. The molecule has 0 spiro atoms. The van der Waals surface area contributed by atoms with E-state index in [0.717, 1.165) is 32.1 Å². The van der Waals surface area contributed by atoms with Crippen LogP contribution in [-0.4, -0.2) is 62.8 Å². The van der Waals surface area contributed by atoms with Gasteiger partial charge in [0, 0.05) is 18.4 Å². The summed E-state index contributed by atoms with van der Waals surface area (Å²) in [5.74, 6) is -2.77. The van der Waals surface area contributed by atoms with Crippen LogP contribution in [0.4, 0.5) is 18.9 Å². The molecule has 2 aromatic heterocycles. The van der Waals surface area contributed by atoms with Gasteiger partial charge in [0.25, 0.3) is 0 Å². The molecule has 3 heterocycles. The van der Waals surface area contributed by atoms with Crippen molar-refractivity contribution in [2.45, 2.75) is 38.3 Å². The van der Waals surface area contributed by atoms with Crippen LogP contribution in [0.5, 0.6) is 0 Å². The first-order chi connectivity index (χ1) is 16.7. The van der Waals surface area contributed by atoms with Gasteiger partial charge >= 0.3 is 6.18 Å². The van der Waals surface area contributed by atoms with Crippen LogP contribution < -0.4 is 10.6 Å². The Morgan fingerprint density at radius 1 is 1.17 bits per heavy atom. The summed E-state index contributed by atoms with van der Waals surface area (Å²) in [7, 11) is 0. The molecule has 1 aromatic carbocycles. The first-order valence-corrected chi connectivity index (χ1v) is 11.4. The van der Waals surface area contributed by atoms with Crippen molar-refractivity contribution < 1.29 is 22.8 Å². The summed E-state index contributed by atoms with van der Waals surface area (Å²) >= 11 is 0. The number of amides is 2. The van der Waals surface area contributed by atoms with Crippen molar-refractivity contribution in [1.82, 2.24) is 24.8 Å². The molecule has 1 aliphatic heterocycles. The van der Waals surface area contributed by atoms with Crippen LogP contribution in [0.1, 0.15) is 49.4 Å². The Morgan fingerprint density at radius 2 is 1.91 bits per heavy atom. The molecular weight excluding hydrogens is 463 g/mol.